The number of phenolic OH excluding ortho intramolecular Hbond substituents is 1. The van der Waals surface area contributed by atoms with Crippen molar-refractivity contribution in [3.05, 3.63) is 78.5 Å². The summed E-state index contributed by atoms with van der Waals surface area (Å²) in [5, 5.41) is 9.99. The Kier molecular flexibility index (Phi) is 4.58. The zero-order chi connectivity index (χ0) is 18.6. The van der Waals surface area contributed by atoms with Gasteiger partial charge in [0.1, 0.15) is 11.3 Å². The molecular weight excluding hydrogens is 338 g/mol. The highest BCUT2D eigenvalue weighted by Gasteiger charge is 2.15. The van der Waals surface area contributed by atoms with Crippen molar-refractivity contribution < 1.29 is 9.84 Å². The second kappa shape index (κ2) is 7.33. The molecule has 0 unspecified atom stereocenters. The molecule has 0 saturated heterocycles. The van der Waals surface area contributed by atoms with Crippen LogP contribution < -0.4 is 4.74 Å². The van der Waals surface area contributed by atoms with Crippen LogP contribution in [0.1, 0.15) is 12.5 Å². The number of aromatic nitrogens is 2. The van der Waals surface area contributed by atoms with Crippen LogP contribution >= 0.6 is 0 Å². The topological polar surface area (TPSA) is 59.1 Å². The number of benzene rings is 2. The summed E-state index contributed by atoms with van der Waals surface area (Å²) in [6.45, 7) is 2.35. The third kappa shape index (κ3) is 3.40. The molecule has 5 nitrogen and oxygen atoms in total. The van der Waals surface area contributed by atoms with Crippen LogP contribution in [-0.2, 0) is 0 Å². The highest BCUT2D eigenvalue weighted by Crippen LogP contribution is 2.36. The van der Waals surface area contributed by atoms with Crippen molar-refractivity contribution in [3.8, 4) is 22.8 Å². The highest BCUT2D eigenvalue weighted by atomic mass is 16.5. The highest BCUT2D eigenvalue weighted by molar-refractivity contribution is 5.85. The van der Waals surface area contributed by atoms with Gasteiger partial charge in [-0.3, -0.25) is 4.40 Å². The summed E-state index contributed by atoms with van der Waals surface area (Å²) in [7, 11) is 0. The van der Waals surface area contributed by atoms with E-state index in [1.54, 1.807) is 12.1 Å². The molecule has 0 bridgehead atoms. The van der Waals surface area contributed by atoms with Crippen LogP contribution in [0.2, 0.25) is 0 Å². The lowest BCUT2D eigenvalue weighted by Crippen LogP contribution is -1.92. The molecule has 134 valence electrons. The molecule has 4 rings (SSSR count). The van der Waals surface area contributed by atoms with E-state index in [-0.39, 0.29) is 5.75 Å². The lowest BCUT2D eigenvalue weighted by Gasteiger charge is -2.07. The van der Waals surface area contributed by atoms with Crippen LogP contribution in [0.15, 0.2) is 77.9 Å². The number of hydrogen-bond donors (Lipinski definition) is 1. The van der Waals surface area contributed by atoms with Gasteiger partial charge < -0.3 is 9.84 Å². The van der Waals surface area contributed by atoms with E-state index in [4.69, 9.17) is 14.7 Å². The van der Waals surface area contributed by atoms with Gasteiger partial charge in [0.25, 0.3) is 0 Å². The Morgan fingerprint density at radius 1 is 1.07 bits per heavy atom. The fourth-order valence-electron chi connectivity index (χ4n) is 2.91. The average molecular weight is 357 g/mol. The average Bonchev–Trinajstić information content (AvgIpc) is 3.08. The number of ether oxygens (including phenoxy) is 1. The second-order valence-corrected chi connectivity index (χ2v) is 6.00. The van der Waals surface area contributed by atoms with Gasteiger partial charge in [0.15, 0.2) is 17.3 Å². The first-order chi connectivity index (χ1) is 13.3. The van der Waals surface area contributed by atoms with Crippen LogP contribution in [0.3, 0.4) is 0 Å². The van der Waals surface area contributed by atoms with Gasteiger partial charge in [-0.05, 0) is 42.8 Å². The number of imidazole rings is 1. The molecule has 0 fully saturated rings. The summed E-state index contributed by atoms with van der Waals surface area (Å²) in [6, 6.07) is 21.0. The summed E-state index contributed by atoms with van der Waals surface area (Å²) in [5.74, 6) is 1.27. The quantitative estimate of drug-likeness (QED) is 0.519. The van der Waals surface area contributed by atoms with Crippen LogP contribution in [0, 0.1) is 0 Å². The first kappa shape index (κ1) is 16.8. The van der Waals surface area contributed by atoms with E-state index in [1.807, 2.05) is 78.3 Å². The molecule has 5 heteroatoms. The van der Waals surface area contributed by atoms with Crippen LogP contribution in [0.25, 0.3) is 16.9 Å². The monoisotopic (exact) mass is 357 g/mol. The van der Waals surface area contributed by atoms with E-state index in [1.165, 1.54) is 0 Å². The smallest absolute Gasteiger partial charge is 0.165 e. The van der Waals surface area contributed by atoms with E-state index in [9.17, 15) is 5.11 Å². The molecule has 0 radical (unpaired) electrons. The molecule has 2 aromatic carbocycles. The largest absolute Gasteiger partial charge is 0.504 e. The molecule has 1 N–H and O–H groups in total. The fourth-order valence-corrected chi connectivity index (χ4v) is 2.91. The molecule has 0 atom stereocenters. The van der Waals surface area contributed by atoms with E-state index in [0.717, 1.165) is 28.3 Å². The molecule has 0 aliphatic heterocycles. The molecular formula is C22H19N3O2. The number of phenols is 1. The van der Waals surface area contributed by atoms with Crippen molar-refractivity contribution in [2.24, 2.45) is 4.99 Å². The summed E-state index contributed by atoms with van der Waals surface area (Å²) >= 11 is 0. The molecule has 2 heterocycles. The maximum Gasteiger partial charge on any atom is 0.165 e. The molecule has 2 aromatic heterocycles. The second-order valence-electron chi connectivity index (χ2n) is 6.00. The third-order valence-electron chi connectivity index (χ3n) is 4.17. The zero-order valence-electron chi connectivity index (χ0n) is 14.9. The molecule has 0 amide bonds. The van der Waals surface area contributed by atoms with Gasteiger partial charge in [-0.1, -0.05) is 36.4 Å². The Balaban J connectivity index is 1.86. The van der Waals surface area contributed by atoms with Gasteiger partial charge in [-0.25, -0.2) is 9.98 Å². The molecule has 0 spiro atoms. The van der Waals surface area contributed by atoms with Crippen molar-refractivity contribution >= 4 is 17.7 Å². The zero-order valence-corrected chi connectivity index (χ0v) is 14.9. The minimum atomic E-state index is 0.110. The van der Waals surface area contributed by atoms with Gasteiger partial charge in [-0.15, -0.1) is 0 Å². The normalized spacial score (nSPS) is 11.3. The number of aliphatic imine (C=N–C) groups is 1. The van der Waals surface area contributed by atoms with Crippen LogP contribution in [-0.4, -0.2) is 27.3 Å². The standard InChI is InChI=1S/C22H19N3O2/c1-2-27-19-14-17(11-12-18(19)26)21-22(23-15-16-8-4-3-5-9-16)25-13-7-6-10-20(25)24-21/h3-15,26H,2H2,1H3/b23-15+. The predicted molar refractivity (Wildman–Crippen MR) is 107 cm³/mol. The summed E-state index contributed by atoms with van der Waals surface area (Å²) < 4.78 is 7.47. The minimum Gasteiger partial charge on any atom is -0.504 e. The number of pyridine rings is 1. The fraction of sp³-hybridized carbons (Fsp3) is 0.0909. The van der Waals surface area contributed by atoms with Gasteiger partial charge in [0, 0.05) is 18.0 Å². The molecule has 27 heavy (non-hydrogen) atoms. The number of fused-ring (bicyclic) bond motifs is 1. The first-order valence-corrected chi connectivity index (χ1v) is 8.78. The number of nitrogens with zero attached hydrogens (tertiary/aromatic N) is 3. The van der Waals surface area contributed by atoms with Gasteiger partial charge in [0.05, 0.1) is 6.61 Å². The van der Waals surface area contributed by atoms with Gasteiger partial charge >= 0.3 is 0 Å². The Bertz CT molecular complexity index is 1100. The lowest BCUT2D eigenvalue weighted by atomic mass is 10.1. The Hall–Kier alpha value is -3.60. The molecule has 4 aromatic rings. The minimum absolute atomic E-state index is 0.110. The van der Waals surface area contributed by atoms with E-state index >= 15 is 0 Å². The summed E-state index contributed by atoms with van der Waals surface area (Å²) in [5.41, 5.74) is 3.38. The molecule has 0 aliphatic rings. The van der Waals surface area contributed by atoms with Crippen molar-refractivity contribution in [3.63, 3.8) is 0 Å². The first-order valence-electron chi connectivity index (χ1n) is 8.78. The van der Waals surface area contributed by atoms with Crippen molar-refractivity contribution in [2.75, 3.05) is 6.61 Å². The predicted octanol–water partition coefficient (Wildman–Crippen LogP) is 4.86. The Labute approximate surface area is 157 Å². The molecule has 0 saturated carbocycles. The SMILES string of the molecule is CCOc1cc(-c2nc3ccccn3c2/N=C/c2ccccc2)ccc1O. The lowest BCUT2D eigenvalue weighted by molar-refractivity contribution is 0.318. The van der Waals surface area contributed by atoms with Gasteiger partial charge in [-0.2, -0.15) is 0 Å². The van der Waals surface area contributed by atoms with Gasteiger partial charge in [0.2, 0.25) is 0 Å². The van der Waals surface area contributed by atoms with Crippen LogP contribution in [0.5, 0.6) is 11.5 Å². The summed E-state index contributed by atoms with van der Waals surface area (Å²) in [6.07, 6.45) is 3.76. The Morgan fingerprint density at radius 3 is 2.70 bits per heavy atom. The maximum absolute atomic E-state index is 9.99. The number of hydrogen-bond acceptors (Lipinski definition) is 4. The van der Waals surface area contributed by atoms with E-state index in [2.05, 4.69) is 0 Å². The van der Waals surface area contributed by atoms with Crippen molar-refractivity contribution in [1.29, 1.82) is 0 Å². The van der Waals surface area contributed by atoms with Crippen molar-refractivity contribution in [1.82, 2.24) is 9.38 Å². The number of aromatic hydroxyl groups is 1. The van der Waals surface area contributed by atoms with E-state index in [0.29, 0.717) is 12.4 Å². The van der Waals surface area contributed by atoms with E-state index < -0.39 is 0 Å². The third-order valence-corrected chi connectivity index (χ3v) is 4.17. The Morgan fingerprint density at radius 2 is 1.89 bits per heavy atom. The summed E-state index contributed by atoms with van der Waals surface area (Å²) in [4.78, 5) is 9.45. The van der Waals surface area contributed by atoms with Crippen molar-refractivity contribution in [2.45, 2.75) is 6.92 Å². The maximum atomic E-state index is 9.99. The molecule has 0 aliphatic carbocycles. The van der Waals surface area contributed by atoms with Crippen LogP contribution in [0.4, 0.5) is 5.82 Å². The number of rotatable bonds is 5.